The molecule has 1 saturated heterocycles. The molecule has 0 bridgehead atoms. The maximum Gasteiger partial charge on any atom is 0.227 e. The maximum absolute atomic E-state index is 13.5. The smallest absolute Gasteiger partial charge is 0.227 e. The van der Waals surface area contributed by atoms with Crippen LogP contribution in [0.1, 0.15) is 26.2 Å². The van der Waals surface area contributed by atoms with Crippen molar-refractivity contribution in [2.45, 2.75) is 26.2 Å². The van der Waals surface area contributed by atoms with E-state index in [0.29, 0.717) is 32.4 Å². The summed E-state index contributed by atoms with van der Waals surface area (Å²) in [5, 5.41) is 2.58. The summed E-state index contributed by atoms with van der Waals surface area (Å²) in [6, 6.07) is 6.00. The van der Waals surface area contributed by atoms with Crippen molar-refractivity contribution >= 4 is 21.6 Å². The van der Waals surface area contributed by atoms with Gasteiger partial charge in [-0.2, -0.15) is 0 Å². The zero-order valence-electron chi connectivity index (χ0n) is 12.6. The van der Waals surface area contributed by atoms with Crippen LogP contribution in [0.5, 0.6) is 0 Å². The number of sulfonamides is 1. The predicted octanol–water partition coefficient (Wildman–Crippen LogP) is 2.22. The SMILES string of the molecule is CCCS(=O)(=O)N1CCC(C(=O)Nc2ccccc2F)CC1. The van der Waals surface area contributed by atoms with E-state index in [1.807, 2.05) is 6.92 Å². The van der Waals surface area contributed by atoms with Gasteiger partial charge in [0.1, 0.15) is 5.82 Å². The molecular formula is C15H21FN2O3S. The highest BCUT2D eigenvalue weighted by Crippen LogP contribution is 2.22. The van der Waals surface area contributed by atoms with E-state index in [1.54, 1.807) is 12.1 Å². The second-order valence-electron chi connectivity index (χ2n) is 5.46. The first-order chi connectivity index (χ1) is 10.4. The van der Waals surface area contributed by atoms with Crippen LogP contribution in [0.25, 0.3) is 0 Å². The topological polar surface area (TPSA) is 66.5 Å². The lowest BCUT2D eigenvalue weighted by molar-refractivity contribution is -0.120. The summed E-state index contributed by atoms with van der Waals surface area (Å²) in [4.78, 5) is 12.2. The highest BCUT2D eigenvalue weighted by Gasteiger charge is 2.30. The Morgan fingerprint density at radius 2 is 1.95 bits per heavy atom. The molecule has 5 nitrogen and oxygen atoms in total. The summed E-state index contributed by atoms with van der Waals surface area (Å²) in [6.45, 7) is 2.52. The molecule has 2 rings (SSSR count). The van der Waals surface area contributed by atoms with Gasteiger partial charge in [0, 0.05) is 19.0 Å². The number of amides is 1. The molecule has 7 heteroatoms. The van der Waals surface area contributed by atoms with Crippen LogP contribution in [0.3, 0.4) is 0 Å². The minimum Gasteiger partial charge on any atom is -0.323 e. The molecule has 0 aliphatic carbocycles. The number of halogens is 1. The van der Waals surface area contributed by atoms with Crippen LogP contribution in [0, 0.1) is 11.7 Å². The van der Waals surface area contributed by atoms with E-state index in [1.165, 1.54) is 16.4 Å². The molecule has 0 atom stereocenters. The molecular weight excluding hydrogens is 307 g/mol. The number of benzene rings is 1. The van der Waals surface area contributed by atoms with E-state index in [9.17, 15) is 17.6 Å². The largest absolute Gasteiger partial charge is 0.323 e. The number of rotatable bonds is 5. The molecule has 22 heavy (non-hydrogen) atoms. The highest BCUT2D eigenvalue weighted by molar-refractivity contribution is 7.89. The number of piperidine rings is 1. The second kappa shape index (κ2) is 7.19. The molecule has 1 aromatic carbocycles. The molecule has 1 aliphatic rings. The third kappa shape index (κ3) is 4.04. The zero-order valence-corrected chi connectivity index (χ0v) is 13.4. The molecule has 0 aromatic heterocycles. The minimum absolute atomic E-state index is 0.138. The highest BCUT2D eigenvalue weighted by atomic mass is 32.2. The van der Waals surface area contributed by atoms with Gasteiger partial charge in [0.2, 0.25) is 15.9 Å². The van der Waals surface area contributed by atoms with Gasteiger partial charge in [-0.25, -0.2) is 17.1 Å². The van der Waals surface area contributed by atoms with Crippen LogP contribution in [-0.4, -0.2) is 37.5 Å². The lowest BCUT2D eigenvalue weighted by atomic mass is 9.97. The monoisotopic (exact) mass is 328 g/mol. The number of hydrogen-bond acceptors (Lipinski definition) is 3. The third-order valence-electron chi connectivity index (χ3n) is 3.81. The normalized spacial score (nSPS) is 17.4. The summed E-state index contributed by atoms with van der Waals surface area (Å²) < 4.78 is 38.9. The zero-order chi connectivity index (χ0) is 16.2. The maximum atomic E-state index is 13.5. The summed E-state index contributed by atoms with van der Waals surface area (Å²) in [5.74, 6) is -0.872. The Balaban J connectivity index is 1.92. The second-order valence-corrected chi connectivity index (χ2v) is 7.55. The molecule has 1 aliphatic heterocycles. The number of para-hydroxylation sites is 1. The molecule has 1 aromatic rings. The number of nitrogens with zero attached hydrogens (tertiary/aromatic N) is 1. The first-order valence-electron chi connectivity index (χ1n) is 7.47. The first-order valence-corrected chi connectivity index (χ1v) is 9.08. The number of carbonyl (C=O) groups excluding carboxylic acids is 1. The van der Waals surface area contributed by atoms with Crippen LogP contribution >= 0.6 is 0 Å². The van der Waals surface area contributed by atoms with Crippen LogP contribution < -0.4 is 5.32 Å². The van der Waals surface area contributed by atoms with Crippen LogP contribution in [-0.2, 0) is 14.8 Å². The minimum atomic E-state index is -3.21. The fourth-order valence-electron chi connectivity index (χ4n) is 2.58. The van der Waals surface area contributed by atoms with E-state index in [4.69, 9.17) is 0 Å². The summed E-state index contributed by atoms with van der Waals surface area (Å²) in [7, 11) is -3.21. The Labute approximate surface area is 130 Å². The molecule has 122 valence electrons. The Kier molecular flexibility index (Phi) is 5.52. The van der Waals surface area contributed by atoms with Gasteiger partial charge in [-0.1, -0.05) is 19.1 Å². The van der Waals surface area contributed by atoms with E-state index in [0.717, 1.165) is 0 Å². The Morgan fingerprint density at radius 3 is 2.55 bits per heavy atom. The van der Waals surface area contributed by atoms with Crippen molar-refractivity contribution in [3.05, 3.63) is 30.1 Å². The summed E-state index contributed by atoms with van der Waals surface area (Å²) in [5.41, 5.74) is 0.161. The predicted molar refractivity (Wildman–Crippen MR) is 83.4 cm³/mol. The van der Waals surface area contributed by atoms with Gasteiger partial charge in [-0.05, 0) is 31.4 Å². The Morgan fingerprint density at radius 1 is 1.32 bits per heavy atom. The molecule has 1 amide bonds. The van der Waals surface area contributed by atoms with Crippen LogP contribution in [0.4, 0.5) is 10.1 Å². The van der Waals surface area contributed by atoms with E-state index in [2.05, 4.69) is 5.32 Å². The summed E-state index contributed by atoms with van der Waals surface area (Å²) >= 11 is 0. The standard InChI is InChI=1S/C15H21FN2O3S/c1-2-11-22(20,21)18-9-7-12(8-10-18)15(19)17-14-6-4-3-5-13(14)16/h3-6,12H,2,7-11H2,1H3,(H,17,19). The van der Waals surface area contributed by atoms with Crippen molar-refractivity contribution in [1.29, 1.82) is 0 Å². The number of anilines is 1. The molecule has 0 spiro atoms. The van der Waals surface area contributed by atoms with Crippen molar-refractivity contribution in [3.63, 3.8) is 0 Å². The first kappa shape index (κ1) is 16.9. The fraction of sp³-hybridized carbons (Fsp3) is 0.533. The van der Waals surface area contributed by atoms with Crippen molar-refractivity contribution in [1.82, 2.24) is 4.31 Å². The molecule has 1 N–H and O–H groups in total. The quantitative estimate of drug-likeness (QED) is 0.901. The average Bonchev–Trinajstić information content (AvgIpc) is 2.49. The van der Waals surface area contributed by atoms with Crippen molar-refractivity contribution < 1.29 is 17.6 Å². The number of hydrogen-bond donors (Lipinski definition) is 1. The van der Waals surface area contributed by atoms with E-state index >= 15 is 0 Å². The Bertz CT molecular complexity index is 625. The van der Waals surface area contributed by atoms with Crippen LogP contribution in [0.2, 0.25) is 0 Å². The van der Waals surface area contributed by atoms with Gasteiger partial charge in [0.15, 0.2) is 0 Å². The molecule has 0 saturated carbocycles. The lowest BCUT2D eigenvalue weighted by Crippen LogP contribution is -2.42. The lowest BCUT2D eigenvalue weighted by Gasteiger charge is -2.30. The van der Waals surface area contributed by atoms with Gasteiger partial charge < -0.3 is 5.32 Å². The number of nitrogens with one attached hydrogen (secondary N) is 1. The van der Waals surface area contributed by atoms with E-state index in [-0.39, 0.29) is 23.3 Å². The van der Waals surface area contributed by atoms with Gasteiger partial charge in [-0.3, -0.25) is 4.79 Å². The number of carbonyl (C=O) groups is 1. The van der Waals surface area contributed by atoms with Crippen molar-refractivity contribution in [2.75, 3.05) is 24.2 Å². The van der Waals surface area contributed by atoms with Gasteiger partial charge in [-0.15, -0.1) is 0 Å². The van der Waals surface area contributed by atoms with Gasteiger partial charge in [0.25, 0.3) is 0 Å². The Hall–Kier alpha value is -1.47. The third-order valence-corrected chi connectivity index (χ3v) is 5.89. The molecule has 0 unspecified atom stereocenters. The van der Waals surface area contributed by atoms with Gasteiger partial charge in [0.05, 0.1) is 11.4 Å². The van der Waals surface area contributed by atoms with Crippen LogP contribution in [0.15, 0.2) is 24.3 Å². The molecule has 1 heterocycles. The van der Waals surface area contributed by atoms with E-state index < -0.39 is 15.8 Å². The average molecular weight is 328 g/mol. The van der Waals surface area contributed by atoms with Crippen molar-refractivity contribution in [2.24, 2.45) is 5.92 Å². The molecule has 0 radical (unpaired) electrons. The fourth-order valence-corrected chi connectivity index (χ4v) is 4.12. The molecule has 1 fully saturated rings. The summed E-state index contributed by atoms with van der Waals surface area (Å²) in [6.07, 6.45) is 1.50. The van der Waals surface area contributed by atoms with Gasteiger partial charge >= 0.3 is 0 Å². The van der Waals surface area contributed by atoms with Crippen molar-refractivity contribution in [3.8, 4) is 0 Å².